The van der Waals surface area contributed by atoms with Gasteiger partial charge < -0.3 is 25.2 Å². The van der Waals surface area contributed by atoms with E-state index in [-0.39, 0.29) is 48.2 Å². The number of piperidine rings is 1. The summed E-state index contributed by atoms with van der Waals surface area (Å²) in [6.45, 7) is 6.09. The Kier molecular flexibility index (Phi) is 9.93. The van der Waals surface area contributed by atoms with Gasteiger partial charge in [-0.1, -0.05) is 26.0 Å². The van der Waals surface area contributed by atoms with Gasteiger partial charge >= 0.3 is 13.9 Å². The molecular weight excluding hydrogens is 529 g/mol. The molecule has 1 saturated carbocycles. The summed E-state index contributed by atoms with van der Waals surface area (Å²) in [6.07, 6.45) is 2.21. The monoisotopic (exact) mass is 565 g/mol. The number of hydrogen-bond acceptors (Lipinski definition) is 7. The lowest BCUT2D eigenvalue weighted by Crippen LogP contribution is -2.53. The second-order valence-electron chi connectivity index (χ2n) is 10.5. The number of allylic oxidation sites excluding steroid dienone is 1. The first kappa shape index (κ1) is 30.3. The number of phosphoric acid groups is 1. The molecule has 1 aliphatic heterocycles. The van der Waals surface area contributed by atoms with E-state index >= 15 is 0 Å². The van der Waals surface area contributed by atoms with Crippen LogP contribution in [-0.4, -0.2) is 63.6 Å². The minimum Gasteiger partial charge on any atom is -0.450 e. The number of nitrogens with one attached hydrogen (secondary N) is 1. The number of amides is 3. The van der Waals surface area contributed by atoms with Crippen molar-refractivity contribution in [3.8, 4) is 5.75 Å². The molecule has 1 saturated heterocycles. The number of primary amides is 1. The molecule has 3 rings (SSSR count). The molecular formula is C26H36N3O9P. The molecule has 12 nitrogen and oxygen atoms in total. The van der Waals surface area contributed by atoms with Crippen molar-refractivity contribution in [3.63, 3.8) is 0 Å². The largest absolute Gasteiger partial charge is 0.524 e. The van der Waals surface area contributed by atoms with E-state index in [2.05, 4.69) is 9.84 Å². The van der Waals surface area contributed by atoms with Crippen molar-refractivity contribution in [3.05, 3.63) is 35.9 Å². The van der Waals surface area contributed by atoms with Crippen LogP contribution in [0.25, 0.3) is 5.57 Å². The smallest absolute Gasteiger partial charge is 0.450 e. The number of carbonyl (C=O) groups is 4. The maximum Gasteiger partial charge on any atom is 0.524 e. The Labute approximate surface area is 227 Å². The fourth-order valence-electron chi connectivity index (χ4n) is 4.97. The van der Waals surface area contributed by atoms with Crippen LogP contribution in [0, 0.1) is 17.8 Å². The average Bonchev–Trinajstić information content (AvgIpc) is 3.48. The van der Waals surface area contributed by atoms with E-state index in [0.717, 1.165) is 6.42 Å². The maximum absolute atomic E-state index is 13.6. The minimum atomic E-state index is -4.68. The van der Waals surface area contributed by atoms with Gasteiger partial charge in [0.15, 0.2) is 5.78 Å². The highest BCUT2D eigenvalue weighted by molar-refractivity contribution is 7.46. The van der Waals surface area contributed by atoms with Gasteiger partial charge in [0.25, 0.3) is 0 Å². The van der Waals surface area contributed by atoms with Gasteiger partial charge in [0.1, 0.15) is 11.8 Å². The fraction of sp³-hybridized carbons (Fsp3) is 0.538. The normalized spacial score (nSPS) is 21.2. The van der Waals surface area contributed by atoms with Gasteiger partial charge in [-0.2, -0.15) is 0 Å². The summed E-state index contributed by atoms with van der Waals surface area (Å²) in [5.41, 5.74) is 6.15. The molecule has 0 aromatic heterocycles. The second-order valence-corrected chi connectivity index (χ2v) is 11.6. The van der Waals surface area contributed by atoms with E-state index in [4.69, 9.17) is 20.3 Å². The molecule has 4 atom stereocenters. The zero-order valence-electron chi connectivity index (χ0n) is 22.2. The SMILES string of the molecule is C/C(=C\C(=O)N[C@@H](CC(C)C)C(=O)N1C[C@H]2C[C@H]2[C@H]1C(=O)CCCOC(N)=O)c1ccc(OP(=O)(O)O)cc1. The number of hydrogen-bond donors (Lipinski definition) is 4. The lowest BCUT2D eigenvalue weighted by molar-refractivity contribution is -0.141. The van der Waals surface area contributed by atoms with Crippen molar-refractivity contribution < 1.29 is 42.8 Å². The van der Waals surface area contributed by atoms with Crippen LogP contribution in [-0.2, 0) is 23.7 Å². The standard InChI is InChI=1S/C26H36N3O9P/c1-15(2)11-21(28-23(31)12-16(3)17-6-8-19(9-7-17)38-39(34,35)36)25(32)29-14-18-13-20(18)24(29)22(30)5-4-10-37-26(27)33/h6-9,12,15,18,20-21,24H,4-5,10-11,13-14H2,1-3H3,(H2,27,33)(H,28,31)(H2,34,35,36)/b16-12+/t18-,20-,21+,24+/m1/s1. The third-order valence-corrected chi connectivity index (χ3v) is 7.23. The number of Topliss-reactive ketones (excluding diaryl/α,β-unsaturated/α-hetero) is 1. The quantitative estimate of drug-likeness (QED) is 0.158. The van der Waals surface area contributed by atoms with Gasteiger partial charge in [-0.15, -0.1) is 0 Å². The molecule has 1 aliphatic carbocycles. The fourth-order valence-corrected chi connectivity index (χ4v) is 5.37. The van der Waals surface area contributed by atoms with Crippen molar-refractivity contribution in [2.45, 2.75) is 58.5 Å². The van der Waals surface area contributed by atoms with E-state index in [1.54, 1.807) is 24.0 Å². The molecule has 39 heavy (non-hydrogen) atoms. The second kappa shape index (κ2) is 12.8. The lowest BCUT2D eigenvalue weighted by atomic mass is 9.99. The number of ether oxygens (including phenoxy) is 1. The number of ketones is 1. The van der Waals surface area contributed by atoms with E-state index < -0.39 is 31.9 Å². The molecule has 0 unspecified atom stereocenters. The van der Waals surface area contributed by atoms with Crippen LogP contribution in [0.1, 0.15) is 52.0 Å². The van der Waals surface area contributed by atoms with Gasteiger partial charge in [0.2, 0.25) is 11.8 Å². The van der Waals surface area contributed by atoms with E-state index in [1.807, 2.05) is 13.8 Å². The van der Waals surface area contributed by atoms with Crippen LogP contribution in [0.15, 0.2) is 30.3 Å². The Morgan fingerprint density at radius 1 is 1.21 bits per heavy atom. The summed E-state index contributed by atoms with van der Waals surface area (Å²) in [5.74, 6) is -0.367. The molecule has 1 heterocycles. The molecule has 13 heteroatoms. The van der Waals surface area contributed by atoms with Gasteiger partial charge in [0, 0.05) is 19.0 Å². The Bertz CT molecular complexity index is 1160. The molecule has 2 aliphatic rings. The third kappa shape index (κ3) is 8.91. The summed E-state index contributed by atoms with van der Waals surface area (Å²) < 4.78 is 20.2. The number of nitrogens with two attached hydrogens (primary N) is 1. The predicted octanol–water partition coefficient (Wildman–Crippen LogP) is 2.38. The number of nitrogens with zero attached hydrogens (tertiary/aromatic N) is 1. The van der Waals surface area contributed by atoms with E-state index in [1.165, 1.54) is 18.2 Å². The van der Waals surface area contributed by atoms with Gasteiger partial charge in [-0.05, 0) is 67.2 Å². The van der Waals surface area contributed by atoms with Crippen LogP contribution in [0.4, 0.5) is 4.79 Å². The molecule has 5 N–H and O–H groups in total. The molecule has 0 spiro atoms. The lowest BCUT2D eigenvalue weighted by Gasteiger charge is -2.31. The first-order chi connectivity index (χ1) is 18.2. The van der Waals surface area contributed by atoms with Gasteiger partial charge in [0.05, 0.1) is 12.6 Å². The zero-order chi connectivity index (χ0) is 28.9. The van der Waals surface area contributed by atoms with Crippen molar-refractivity contribution in [1.29, 1.82) is 0 Å². The predicted molar refractivity (Wildman–Crippen MR) is 141 cm³/mol. The van der Waals surface area contributed by atoms with Crippen LogP contribution >= 0.6 is 7.82 Å². The van der Waals surface area contributed by atoms with Crippen LogP contribution < -0.4 is 15.6 Å². The summed E-state index contributed by atoms with van der Waals surface area (Å²) in [7, 11) is -4.68. The summed E-state index contributed by atoms with van der Waals surface area (Å²) in [6, 6.07) is 4.51. The number of carbonyl (C=O) groups excluding carboxylic acids is 4. The third-order valence-electron chi connectivity index (χ3n) is 6.78. The molecule has 1 aromatic rings. The topological polar surface area (TPSA) is 186 Å². The van der Waals surface area contributed by atoms with Crippen LogP contribution in [0.5, 0.6) is 5.75 Å². The van der Waals surface area contributed by atoms with E-state index in [0.29, 0.717) is 30.5 Å². The molecule has 3 amide bonds. The highest BCUT2D eigenvalue weighted by Gasteiger charge is 2.56. The number of likely N-dealkylation sites (tertiary alicyclic amines) is 1. The highest BCUT2D eigenvalue weighted by atomic mass is 31.2. The van der Waals surface area contributed by atoms with Crippen LogP contribution in [0.2, 0.25) is 0 Å². The Hall–Kier alpha value is -3.21. The number of fused-ring (bicyclic) bond motifs is 1. The Balaban J connectivity index is 1.66. The molecule has 0 radical (unpaired) electrons. The molecule has 1 aromatic carbocycles. The average molecular weight is 566 g/mol. The molecule has 214 valence electrons. The number of benzene rings is 1. The molecule has 0 bridgehead atoms. The maximum atomic E-state index is 13.6. The first-order valence-electron chi connectivity index (χ1n) is 12.8. The number of phosphoric ester groups is 1. The van der Waals surface area contributed by atoms with E-state index in [9.17, 15) is 23.7 Å². The van der Waals surface area contributed by atoms with Gasteiger partial charge in [-0.3, -0.25) is 24.2 Å². The van der Waals surface area contributed by atoms with Crippen molar-refractivity contribution in [2.75, 3.05) is 13.2 Å². The highest BCUT2D eigenvalue weighted by Crippen LogP contribution is 2.50. The number of rotatable bonds is 13. The molecule has 2 fully saturated rings. The van der Waals surface area contributed by atoms with Crippen molar-refractivity contribution in [2.24, 2.45) is 23.5 Å². The minimum absolute atomic E-state index is 0.0138. The zero-order valence-corrected chi connectivity index (χ0v) is 23.1. The Morgan fingerprint density at radius 2 is 1.87 bits per heavy atom. The summed E-state index contributed by atoms with van der Waals surface area (Å²) in [5, 5.41) is 2.81. The summed E-state index contributed by atoms with van der Waals surface area (Å²) in [4.78, 5) is 69.7. The Morgan fingerprint density at radius 3 is 2.46 bits per heavy atom. The van der Waals surface area contributed by atoms with Crippen LogP contribution in [0.3, 0.4) is 0 Å². The summed E-state index contributed by atoms with van der Waals surface area (Å²) >= 11 is 0. The first-order valence-corrected chi connectivity index (χ1v) is 14.4. The van der Waals surface area contributed by atoms with Crippen molar-refractivity contribution in [1.82, 2.24) is 10.2 Å². The van der Waals surface area contributed by atoms with Crippen molar-refractivity contribution >= 4 is 37.1 Å². The van der Waals surface area contributed by atoms with Gasteiger partial charge in [-0.25, -0.2) is 9.36 Å².